The van der Waals surface area contributed by atoms with E-state index in [0.29, 0.717) is 0 Å². The summed E-state index contributed by atoms with van der Waals surface area (Å²) in [6, 6.07) is 10.3. The zero-order valence-corrected chi connectivity index (χ0v) is 11.1. The van der Waals surface area contributed by atoms with E-state index in [-0.39, 0.29) is 17.2 Å². The van der Waals surface area contributed by atoms with Crippen molar-refractivity contribution in [2.75, 3.05) is 7.05 Å². The fourth-order valence-electron chi connectivity index (χ4n) is 1.29. The number of benzene rings is 1. The van der Waals surface area contributed by atoms with Gasteiger partial charge in [0.2, 0.25) is 5.91 Å². The number of carbonyl (C=O) groups is 1. The third-order valence-electron chi connectivity index (χ3n) is 2.53. The quantitative estimate of drug-likeness (QED) is 0.750. The first-order valence-corrected chi connectivity index (χ1v) is 6.38. The van der Waals surface area contributed by atoms with E-state index in [4.69, 9.17) is 0 Å². The Morgan fingerprint density at radius 2 is 1.75 bits per heavy atom. The van der Waals surface area contributed by atoms with E-state index in [1.807, 2.05) is 58.2 Å². The normalized spacial score (nSPS) is 12.6. The van der Waals surface area contributed by atoms with Crippen LogP contribution in [0.5, 0.6) is 0 Å². The molecular weight excluding hydrogens is 218 g/mol. The molecule has 16 heavy (non-hydrogen) atoms. The number of hydrogen-bond donors (Lipinski definition) is 0. The smallest absolute Gasteiger partial charge is 0.235 e. The third kappa shape index (κ3) is 3.56. The molecule has 0 spiro atoms. The highest BCUT2D eigenvalue weighted by Gasteiger charge is 2.19. The minimum absolute atomic E-state index is 0.0326. The van der Waals surface area contributed by atoms with Crippen molar-refractivity contribution in [1.29, 1.82) is 0 Å². The Morgan fingerprint density at radius 3 is 2.25 bits per heavy atom. The Hall–Kier alpha value is -0.960. The van der Waals surface area contributed by atoms with Crippen LogP contribution in [0, 0.1) is 0 Å². The van der Waals surface area contributed by atoms with Crippen molar-refractivity contribution in [2.45, 2.75) is 37.0 Å². The molecule has 0 saturated heterocycles. The highest BCUT2D eigenvalue weighted by atomic mass is 32.2. The molecule has 0 aliphatic heterocycles. The number of carbonyl (C=O) groups excluding carboxylic acids is 1. The van der Waals surface area contributed by atoms with E-state index in [2.05, 4.69) is 0 Å². The summed E-state index contributed by atoms with van der Waals surface area (Å²) in [4.78, 5) is 14.9. The molecule has 1 aromatic carbocycles. The monoisotopic (exact) mass is 237 g/mol. The summed E-state index contributed by atoms with van der Waals surface area (Å²) >= 11 is 1.61. The SMILES string of the molecule is CC(Sc1ccccc1)C(=O)N(C)C(C)C. The van der Waals surface area contributed by atoms with Gasteiger partial charge in [-0.05, 0) is 32.9 Å². The molecule has 1 unspecified atom stereocenters. The van der Waals surface area contributed by atoms with Crippen LogP contribution in [0.1, 0.15) is 20.8 Å². The van der Waals surface area contributed by atoms with Gasteiger partial charge in [-0.3, -0.25) is 4.79 Å². The minimum atomic E-state index is -0.0326. The van der Waals surface area contributed by atoms with Gasteiger partial charge < -0.3 is 4.90 Å². The predicted molar refractivity (Wildman–Crippen MR) is 69.7 cm³/mol. The lowest BCUT2D eigenvalue weighted by Crippen LogP contribution is -2.38. The molecule has 1 amide bonds. The number of thioether (sulfide) groups is 1. The van der Waals surface area contributed by atoms with Crippen molar-refractivity contribution in [3.05, 3.63) is 30.3 Å². The molecule has 0 saturated carbocycles. The van der Waals surface area contributed by atoms with Gasteiger partial charge in [0.25, 0.3) is 0 Å². The molecular formula is C13H19NOS. The molecule has 1 rings (SSSR count). The van der Waals surface area contributed by atoms with Crippen LogP contribution in [0.15, 0.2) is 35.2 Å². The Balaban J connectivity index is 2.59. The molecule has 1 aromatic rings. The Morgan fingerprint density at radius 1 is 1.19 bits per heavy atom. The summed E-state index contributed by atoms with van der Waals surface area (Å²) in [5.74, 6) is 0.184. The van der Waals surface area contributed by atoms with Crippen LogP contribution in [0.25, 0.3) is 0 Å². The van der Waals surface area contributed by atoms with Crippen molar-refractivity contribution >= 4 is 17.7 Å². The fraction of sp³-hybridized carbons (Fsp3) is 0.462. The van der Waals surface area contributed by atoms with Crippen molar-refractivity contribution < 1.29 is 4.79 Å². The lowest BCUT2D eigenvalue weighted by molar-refractivity contribution is -0.130. The zero-order valence-electron chi connectivity index (χ0n) is 10.3. The summed E-state index contributed by atoms with van der Waals surface area (Å²) in [5.41, 5.74) is 0. The molecule has 2 nitrogen and oxygen atoms in total. The average Bonchev–Trinajstić information content (AvgIpc) is 2.28. The largest absolute Gasteiger partial charge is 0.342 e. The standard InChI is InChI=1S/C13H19NOS/c1-10(2)14(4)13(15)11(3)16-12-8-6-5-7-9-12/h5-11H,1-4H3. The maximum atomic E-state index is 12.0. The molecule has 1 atom stereocenters. The van der Waals surface area contributed by atoms with E-state index in [1.54, 1.807) is 16.7 Å². The van der Waals surface area contributed by atoms with Crippen LogP contribution >= 0.6 is 11.8 Å². The van der Waals surface area contributed by atoms with Crippen LogP contribution in [0.3, 0.4) is 0 Å². The molecule has 0 aliphatic rings. The summed E-state index contributed by atoms with van der Waals surface area (Å²) < 4.78 is 0. The van der Waals surface area contributed by atoms with Gasteiger partial charge in [-0.15, -0.1) is 11.8 Å². The Bertz CT molecular complexity index is 337. The van der Waals surface area contributed by atoms with Gasteiger partial charge in [0.05, 0.1) is 5.25 Å². The van der Waals surface area contributed by atoms with Crippen LogP contribution in [-0.2, 0) is 4.79 Å². The van der Waals surface area contributed by atoms with Crippen molar-refractivity contribution in [2.24, 2.45) is 0 Å². The maximum absolute atomic E-state index is 12.0. The third-order valence-corrected chi connectivity index (χ3v) is 3.63. The van der Waals surface area contributed by atoms with E-state index in [0.717, 1.165) is 4.90 Å². The maximum Gasteiger partial charge on any atom is 0.235 e. The lowest BCUT2D eigenvalue weighted by Gasteiger charge is -2.24. The number of rotatable bonds is 4. The van der Waals surface area contributed by atoms with Gasteiger partial charge in [-0.1, -0.05) is 18.2 Å². The van der Waals surface area contributed by atoms with Gasteiger partial charge in [0.1, 0.15) is 0 Å². The van der Waals surface area contributed by atoms with Crippen molar-refractivity contribution in [3.8, 4) is 0 Å². The molecule has 0 N–H and O–H groups in total. The van der Waals surface area contributed by atoms with Crippen LogP contribution < -0.4 is 0 Å². The van der Waals surface area contributed by atoms with Gasteiger partial charge in [0, 0.05) is 18.0 Å². The fourth-order valence-corrected chi connectivity index (χ4v) is 2.28. The molecule has 88 valence electrons. The Labute approximate surface area is 102 Å². The topological polar surface area (TPSA) is 20.3 Å². The van der Waals surface area contributed by atoms with Crippen LogP contribution in [-0.4, -0.2) is 29.1 Å². The first-order valence-electron chi connectivity index (χ1n) is 5.50. The van der Waals surface area contributed by atoms with E-state index in [9.17, 15) is 4.79 Å². The molecule has 0 aromatic heterocycles. The van der Waals surface area contributed by atoms with E-state index < -0.39 is 0 Å². The van der Waals surface area contributed by atoms with Crippen molar-refractivity contribution in [3.63, 3.8) is 0 Å². The van der Waals surface area contributed by atoms with E-state index >= 15 is 0 Å². The zero-order chi connectivity index (χ0) is 12.1. The minimum Gasteiger partial charge on any atom is -0.342 e. The van der Waals surface area contributed by atoms with Crippen LogP contribution in [0.2, 0.25) is 0 Å². The summed E-state index contributed by atoms with van der Waals surface area (Å²) in [6.07, 6.45) is 0. The van der Waals surface area contributed by atoms with E-state index in [1.165, 1.54) is 0 Å². The average molecular weight is 237 g/mol. The highest BCUT2D eigenvalue weighted by molar-refractivity contribution is 8.00. The van der Waals surface area contributed by atoms with Gasteiger partial charge >= 0.3 is 0 Å². The Kier molecular flexibility index (Phi) is 4.87. The lowest BCUT2D eigenvalue weighted by atomic mass is 10.3. The van der Waals surface area contributed by atoms with Crippen molar-refractivity contribution in [1.82, 2.24) is 4.90 Å². The van der Waals surface area contributed by atoms with Gasteiger partial charge in [-0.25, -0.2) is 0 Å². The second-order valence-corrected chi connectivity index (χ2v) is 5.53. The first-order chi connectivity index (χ1) is 7.52. The summed E-state index contributed by atoms with van der Waals surface area (Å²) in [7, 11) is 1.86. The molecule has 3 heteroatoms. The second-order valence-electron chi connectivity index (χ2n) is 4.12. The van der Waals surface area contributed by atoms with Gasteiger partial charge in [0.15, 0.2) is 0 Å². The summed E-state index contributed by atoms with van der Waals surface area (Å²) in [6.45, 7) is 6.01. The molecule has 0 radical (unpaired) electrons. The molecule has 0 bridgehead atoms. The molecule has 0 fully saturated rings. The van der Waals surface area contributed by atoms with Gasteiger partial charge in [-0.2, -0.15) is 0 Å². The highest BCUT2D eigenvalue weighted by Crippen LogP contribution is 2.24. The van der Waals surface area contributed by atoms with Crippen LogP contribution in [0.4, 0.5) is 0 Å². The summed E-state index contributed by atoms with van der Waals surface area (Å²) in [5, 5.41) is -0.0326. The predicted octanol–water partition coefficient (Wildman–Crippen LogP) is 3.03. The number of amides is 1. The molecule has 0 aliphatic carbocycles. The number of nitrogens with zero attached hydrogens (tertiary/aromatic N) is 1. The second kappa shape index (κ2) is 5.94. The molecule has 0 heterocycles. The number of hydrogen-bond acceptors (Lipinski definition) is 2. The first kappa shape index (κ1) is 13.1.